The molecule has 0 bridgehead atoms. The number of methoxy groups -OCH3 is 1. The van der Waals surface area contributed by atoms with Crippen molar-refractivity contribution >= 4 is 39.3 Å². The van der Waals surface area contributed by atoms with Crippen LogP contribution in [0.3, 0.4) is 0 Å². The van der Waals surface area contributed by atoms with Gasteiger partial charge in [0.05, 0.1) is 48.1 Å². The molecule has 0 unspecified atom stereocenters. The summed E-state index contributed by atoms with van der Waals surface area (Å²) in [5.74, 6) is 0.550. The number of thiophene rings is 1. The highest BCUT2D eigenvalue weighted by Crippen LogP contribution is 2.41. The van der Waals surface area contributed by atoms with Crippen molar-refractivity contribution < 1.29 is 18.7 Å². The van der Waals surface area contributed by atoms with Crippen LogP contribution >= 0.6 is 11.3 Å². The highest BCUT2D eigenvalue weighted by Gasteiger charge is 2.25. The number of aromatic nitrogens is 4. The Bertz CT molecular complexity index is 1400. The molecule has 1 aliphatic heterocycles. The number of amides is 1. The third-order valence-electron chi connectivity index (χ3n) is 6.26. The fraction of sp³-hybridized carbons (Fsp3) is 0.360. The van der Waals surface area contributed by atoms with Gasteiger partial charge in [0.15, 0.2) is 0 Å². The number of nitrogens with one attached hydrogen (secondary N) is 1. The molecule has 5 rings (SSSR count). The Balaban J connectivity index is 1.35. The zero-order valence-corrected chi connectivity index (χ0v) is 21.1. The molecule has 9 nitrogen and oxygen atoms in total. The monoisotopic (exact) mass is 510 g/mol. The van der Waals surface area contributed by atoms with E-state index in [-0.39, 0.29) is 18.0 Å². The molecule has 1 amide bonds. The van der Waals surface area contributed by atoms with Crippen LogP contribution in [0.25, 0.3) is 21.3 Å². The standard InChI is InChI=1S/C25H27FN6O3S/c1-4-35-25(33)31-9-7-18(8-10-31)32-14-17(12-28-32)29-24-27-13-21-23(30-24)22(15(2)36-21)19-6-5-16(26)11-20(19)34-3/h5-6,11-14,18H,4,7-10H2,1-3H3,(H,27,29,30). The minimum atomic E-state index is -0.353. The molecule has 3 aromatic heterocycles. The van der Waals surface area contributed by atoms with E-state index in [1.165, 1.54) is 19.2 Å². The molecular formula is C25H27FN6O3S. The molecule has 1 saturated heterocycles. The molecule has 0 saturated carbocycles. The maximum Gasteiger partial charge on any atom is 0.409 e. The van der Waals surface area contributed by atoms with Crippen molar-refractivity contribution in [2.24, 2.45) is 0 Å². The molecule has 36 heavy (non-hydrogen) atoms. The Morgan fingerprint density at radius 2 is 2.08 bits per heavy atom. The van der Waals surface area contributed by atoms with Crippen molar-refractivity contribution in [3.05, 3.63) is 47.5 Å². The number of rotatable bonds is 6. The van der Waals surface area contributed by atoms with Crippen molar-refractivity contribution in [3.8, 4) is 16.9 Å². The van der Waals surface area contributed by atoms with Crippen molar-refractivity contribution in [3.63, 3.8) is 0 Å². The number of nitrogens with zero attached hydrogens (tertiary/aromatic N) is 5. The molecule has 1 aliphatic rings. The van der Waals surface area contributed by atoms with Gasteiger partial charge >= 0.3 is 6.09 Å². The van der Waals surface area contributed by atoms with Gasteiger partial charge in [0.2, 0.25) is 5.95 Å². The summed E-state index contributed by atoms with van der Waals surface area (Å²) in [5.41, 5.74) is 3.24. The summed E-state index contributed by atoms with van der Waals surface area (Å²) in [7, 11) is 1.53. The van der Waals surface area contributed by atoms with Gasteiger partial charge in [-0.1, -0.05) is 0 Å². The SMILES string of the molecule is CCOC(=O)N1CCC(n2cc(Nc3ncc4sc(C)c(-c5ccc(F)cc5OC)c4n3)cn2)CC1. The first kappa shape index (κ1) is 24.0. The van der Waals surface area contributed by atoms with Crippen LogP contribution < -0.4 is 10.1 Å². The van der Waals surface area contributed by atoms with E-state index >= 15 is 0 Å². The zero-order valence-electron chi connectivity index (χ0n) is 20.3. The van der Waals surface area contributed by atoms with Gasteiger partial charge in [-0.2, -0.15) is 5.10 Å². The summed E-state index contributed by atoms with van der Waals surface area (Å²) in [6, 6.07) is 4.72. The van der Waals surface area contributed by atoms with Crippen LogP contribution in [0.2, 0.25) is 0 Å². The van der Waals surface area contributed by atoms with Crippen LogP contribution in [-0.4, -0.2) is 57.5 Å². The minimum absolute atomic E-state index is 0.201. The fourth-order valence-electron chi connectivity index (χ4n) is 4.52. The number of anilines is 2. The average molecular weight is 511 g/mol. The van der Waals surface area contributed by atoms with Gasteiger partial charge in [0, 0.05) is 41.4 Å². The van der Waals surface area contributed by atoms with Crippen LogP contribution in [0.1, 0.15) is 30.7 Å². The molecule has 1 aromatic carbocycles. The Morgan fingerprint density at radius 1 is 1.28 bits per heavy atom. The molecule has 4 heterocycles. The lowest BCUT2D eigenvalue weighted by Gasteiger charge is -2.31. The fourth-order valence-corrected chi connectivity index (χ4v) is 5.50. The molecule has 0 spiro atoms. The second-order valence-corrected chi connectivity index (χ2v) is 9.79. The molecule has 11 heteroatoms. The molecule has 0 aliphatic carbocycles. The number of hydrogen-bond acceptors (Lipinski definition) is 8. The average Bonchev–Trinajstić information content (AvgIpc) is 3.48. The zero-order chi connectivity index (χ0) is 25.2. The lowest BCUT2D eigenvalue weighted by Crippen LogP contribution is -2.39. The number of halogens is 1. The van der Waals surface area contributed by atoms with Crippen LogP contribution in [0, 0.1) is 12.7 Å². The van der Waals surface area contributed by atoms with E-state index in [2.05, 4.69) is 15.4 Å². The third-order valence-corrected chi connectivity index (χ3v) is 7.29. The van der Waals surface area contributed by atoms with Gasteiger partial charge in [-0.15, -0.1) is 11.3 Å². The molecular weight excluding hydrogens is 483 g/mol. The Labute approximate surface area is 211 Å². The second-order valence-electron chi connectivity index (χ2n) is 8.54. The van der Waals surface area contributed by atoms with Gasteiger partial charge in [-0.25, -0.2) is 19.2 Å². The summed E-state index contributed by atoms with van der Waals surface area (Å²) in [4.78, 5) is 24.0. The minimum Gasteiger partial charge on any atom is -0.496 e. The Kier molecular flexibility index (Phi) is 6.73. The first-order valence-corrected chi connectivity index (χ1v) is 12.6. The van der Waals surface area contributed by atoms with Crippen LogP contribution in [-0.2, 0) is 4.74 Å². The predicted octanol–water partition coefficient (Wildman–Crippen LogP) is 5.55. The van der Waals surface area contributed by atoms with Crippen LogP contribution in [0.4, 0.5) is 20.8 Å². The molecule has 1 N–H and O–H groups in total. The maximum absolute atomic E-state index is 13.8. The highest BCUT2D eigenvalue weighted by molar-refractivity contribution is 7.19. The van der Waals surface area contributed by atoms with E-state index in [1.807, 2.05) is 24.7 Å². The van der Waals surface area contributed by atoms with Gasteiger partial charge < -0.3 is 19.7 Å². The number of fused-ring (bicyclic) bond motifs is 1. The van der Waals surface area contributed by atoms with Gasteiger partial charge in [-0.3, -0.25) is 4.68 Å². The summed E-state index contributed by atoms with van der Waals surface area (Å²) in [6.45, 7) is 5.47. The topological polar surface area (TPSA) is 94.4 Å². The first-order valence-electron chi connectivity index (χ1n) is 11.8. The van der Waals surface area contributed by atoms with Crippen LogP contribution in [0.5, 0.6) is 5.75 Å². The lowest BCUT2D eigenvalue weighted by atomic mass is 10.0. The van der Waals surface area contributed by atoms with E-state index in [0.717, 1.165) is 44.7 Å². The van der Waals surface area contributed by atoms with E-state index in [9.17, 15) is 9.18 Å². The number of ether oxygens (including phenoxy) is 2. The summed E-state index contributed by atoms with van der Waals surface area (Å²) >= 11 is 1.58. The van der Waals surface area contributed by atoms with Crippen molar-refractivity contribution in [2.45, 2.75) is 32.7 Å². The largest absolute Gasteiger partial charge is 0.496 e. The second kappa shape index (κ2) is 10.1. The number of hydrogen-bond donors (Lipinski definition) is 1. The maximum atomic E-state index is 13.8. The Morgan fingerprint density at radius 3 is 2.83 bits per heavy atom. The number of benzene rings is 1. The highest BCUT2D eigenvalue weighted by atomic mass is 32.1. The first-order chi connectivity index (χ1) is 17.5. The van der Waals surface area contributed by atoms with Crippen molar-refractivity contribution in [1.82, 2.24) is 24.6 Å². The van der Waals surface area contributed by atoms with Gasteiger partial charge in [0.1, 0.15) is 11.6 Å². The van der Waals surface area contributed by atoms with Crippen molar-refractivity contribution in [2.75, 3.05) is 32.1 Å². The normalized spacial score (nSPS) is 14.3. The predicted molar refractivity (Wildman–Crippen MR) is 136 cm³/mol. The molecule has 1 fully saturated rings. The summed E-state index contributed by atoms with van der Waals surface area (Å²) in [5, 5.41) is 7.77. The summed E-state index contributed by atoms with van der Waals surface area (Å²) < 4.78 is 27.2. The number of carbonyl (C=O) groups excluding carboxylic acids is 1. The van der Waals surface area contributed by atoms with E-state index in [1.54, 1.807) is 34.7 Å². The molecule has 0 atom stereocenters. The lowest BCUT2D eigenvalue weighted by molar-refractivity contribution is 0.0916. The van der Waals surface area contributed by atoms with Gasteiger partial charge in [0.25, 0.3) is 0 Å². The molecule has 188 valence electrons. The van der Waals surface area contributed by atoms with E-state index < -0.39 is 0 Å². The summed E-state index contributed by atoms with van der Waals surface area (Å²) in [6.07, 6.45) is 6.82. The van der Waals surface area contributed by atoms with E-state index in [0.29, 0.717) is 31.4 Å². The molecule has 0 radical (unpaired) electrons. The number of likely N-dealkylation sites (tertiary alicyclic amines) is 1. The number of aryl methyl sites for hydroxylation is 1. The van der Waals surface area contributed by atoms with Gasteiger partial charge in [-0.05, 0) is 38.8 Å². The molecule has 4 aromatic rings. The Hall–Kier alpha value is -3.73. The van der Waals surface area contributed by atoms with E-state index in [4.69, 9.17) is 14.5 Å². The quantitative estimate of drug-likeness (QED) is 0.364. The third kappa shape index (κ3) is 4.70. The van der Waals surface area contributed by atoms with Crippen molar-refractivity contribution in [1.29, 1.82) is 0 Å². The number of carbonyl (C=O) groups is 1. The smallest absolute Gasteiger partial charge is 0.409 e. The number of piperidine rings is 1. The van der Waals surface area contributed by atoms with Crippen LogP contribution in [0.15, 0.2) is 36.8 Å².